The molecule has 1 heterocycles. The summed E-state index contributed by atoms with van der Waals surface area (Å²) in [6, 6.07) is 6.56. The molecule has 0 spiro atoms. The minimum atomic E-state index is -0.398. The molecule has 0 amide bonds. The summed E-state index contributed by atoms with van der Waals surface area (Å²) in [5.74, 6) is 0.232. The summed E-state index contributed by atoms with van der Waals surface area (Å²) in [5.41, 5.74) is 4.01. The highest BCUT2D eigenvalue weighted by molar-refractivity contribution is 5.69. The molecule has 2 rings (SSSR count). The lowest BCUT2D eigenvalue weighted by Crippen LogP contribution is -2.08. The lowest BCUT2D eigenvalue weighted by molar-refractivity contribution is -0.384. The van der Waals surface area contributed by atoms with Gasteiger partial charge >= 0.3 is 0 Å². The van der Waals surface area contributed by atoms with E-state index < -0.39 is 4.92 Å². The summed E-state index contributed by atoms with van der Waals surface area (Å²) in [6.45, 7) is 0.762. The van der Waals surface area contributed by atoms with E-state index in [-0.39, 0.29) is 11.6 Å². The quantitative estimate of drug-likeness (QED) is 0.565. The zero-order chi connectivity index (χ0) is 9.97. The van der Waals surface area contributed by atoms with E-state index in [0.717, 1.165) is 12.1 Å². The van der Waals surface area contributed by atoms with Gasteiger partial charge in [-0.2, -0.15) is 5.10 Å². The SMILES string of the molecule is O=[N+]([O-])c1ccc(C2C=NNC2)cc1. The molecule has 1 aliphatic rings. The second-order valence-corrected chi connectivity index (χ2v) is 3.10. The van der Waals surface area contributed by atoms with Crippen molar-refractivity contribution in [2.24, 2.45) is 5.10 Å². The third kappa shape index (κ3) is 1.56. The van der Waals surface area contributed by atoms with Crippen molar-refractivity contribution in [3.8, 4) is 0 Å². The normalized spacial score (nSPS) is 19.3. The van der Waals surface area contributed by atoms with Crippen molar-refractivity contribution in [2.45, 2.75) is 5.92 Å². The van der Waals surface area contributed by atoms with Crippen LogP contribution >= 0.6 is 0 Å². The van der Waals surface area contributed by atoms with Gasteiger partial charge in [-0.1, -0.05) is 12.1 Å². The lowest BCUT2D eigenvalue weighted by atomic mass is 10.0. The maximum Gasteiger partial charge on any atom is 0.269 e. The molecule has 0 aromatic heterocycles. The van der Waals surface area contributed by atoms with Gasteiger partial charge in [0.1, 0.15) is 0 Å². The van der Waals surface area contributed by atoms with E-state index in [9.17, 15) is 10.1 Å². The number of nitro benzene ring substituents is 1. The van der Waals surface area contributed by atoms with Gasteiger partial charge in [-0.05, 0) is 5.56 Å². The van der Waals surface area contributed by atoms with Gasteiger partial charge in [-0.3, -0.25) is 10.1 Å². The van der Waals surface area contributed by atoms with Gasteiger partial charge in [0.2, 0.25) is 0 Å². The third-order valence-electron chi connectivity index (χ3n) is 2.19. The van der Waals surface area contributed by atoms with Crippen LogP contribution in [-0.4, -0.2) is 17.7 Å². The van der Waals surface area contributed by atoms with Gasteiger partial charge in [0.25, 0.3) is 5.69 Å². The molecule has 72 valence electrons. The van der Waals surface area contributed by atoms with Gasteiger partial charge in [0.15, 0.2) is 0 Å². The van der Waals surface area contributed by atoms with E-state index in [4.69, 9.17) is 0 Å². The van der Waals surface area contributed by atoms with Gasteiger partial charge in [0.05, 0.1) is 4.92 Å². The van der Waals surface area contributed by atoms with E-state index in [1.54, 1.807) is 18.3 Å². The summed E-state index contributed by atoms with van der Waals surface area (Å²) in [5, 5.41) is 14.3. The van der Waals surface area contributed by atoms with Crippen LogP contribution in [0.2, 0.25) is 0 Å². The Balaban J connectivity index is 2.21. The Morgan fingerprint density at radius 3 is 2.64 bits per heavy atom. The van der Waals surface area contributed by atoms with E-state index in [1.807, 2.05) is 0 Å². The summed E-state index contributed by atoms with van der Waals surface area (Å²) in [6.07, 6.45) is 1.81. The largest absolute Gasteiger partial charge is 0.309 e. The first-order chi connectivity index (χ1) is 6.77. The second-order valence-electron chi connectivity index (χ2n) is 3.10. The average Bonchev–Trinajstić information content (AvgIpc) is 2.71. The average molecular weight is 191 g/mol. The van der Waals surface area contributed by atoms with Crippen LogP contribution in [0.3, 0.4) is 0 Å². The molecule has 0 radical (unpaired) electrons. The van der Waals surface area contributed by atoms with Crippen LogP contribution in [0.15, 0.2) is 29.4 Å². The third-order valence-corrected chi connectivity index (χ3v) is 2.19. The van der Waals surface area contributed by atoms with Gasteiger partial charge in [-0.15, -0.1) is 0 Å². The van der Waals surface area contributed by atoms with Gasteiger partial charge in [-0.25, -0.2) is 0 Å². The fourth-order valence-corrected chi connectivity index (χ4v) is 1.39. The maximum atomic E-state index is 10.4. The number of nitro groups is 1. The Labute approximate surface area is 80.6 Å². The first-order valence-electron chi connectivity index (χ1n) is 4.28. The summed E-state index contributed by atoms with van der Waals surface area (Å²) >= 11 is 0. The molecule has 1 N–H and O–H groups in total. The number of benzene rings is 1. The fraction of sp³-hybridized carbons (Fsp3) is 0.222. The molecule has 1 aromatic rings. The lowest BCUT2D eigenvalue weighted by Gasteiger charge is -2.04. The molecule has 0 saturated heterocycles. The first-order valence-corrected chi connectivity index (χ1v) is 4.28. The van der Waals surface area contributed by atoms with E-state index in [0.29, 0.717) is 0 Å². The van der Waals surface area contributed by atoms with Crippen molar-refractivity contribution in [3.63, 3.8) is 0 Å². The molecule has 1 atom stereocenters. The van der Waals surface area contributed by atoms with E-state index in [2.05, 4.69) is 10.5 Å². The van der Waals surface area contributed by atoms with Crippen molar-refractivity contribution in [2.75, 3.05) is 6.54 Å². The second kappa shape index (κ2) is 3.45. The van der Waals surface area contributed by atoms with Crippen LogP contribution in [0, 0.1) is 10.1 Å². The summed E-state index contributed by atoms with van der Waals surface area (Å²) < 4.78 is 0. The molecule has 0 saturated carbocycles. The molecular weight excluding hydrogens is 182 g/mol. The van der Waals surface area contributed by atoms with Crippen molar-refractivity contribution in [1.29, 1.82) is 0 Å². The Bertz CT molecular complexity index is 372. The van der Waals surface area contributed by atoms with Crippen molar-refractivity contribution in [1.82, 2.24) is 5.43 Å². The van der Waals surface area contributed by atoms with Crippen LogP contribution < -0.4 is 5.43 Å². The summed E-state index contributed by atoms with van der Waals surface area (Å²) in [4.78, 5) is 10.0. The molecule has 5 heteroatoms. The Kier molecular flexibility index (Phi) is 2.14. The number of non-ortho nitro benzene ring substituents is 1. The van der Waals surface area contributed by atoms with Crippen LogP contribution in [0.4, 0.5) is 5.69 Å². The van der Waals surface area contributed by atoms with Crippen LogP contribution in [0.1, 0.15) is 11.5 Å². The van der Waals surface area contributed by atoms with Gasteiger partial charge < -0.3 is 5.43 Å². The minimum Gasteiger partial charge on any atom is -0.309 e. The number of hydrogen-bond acceptors (Lipinski definition) is 4. The fourth-order valence-electron chi connectivity index (χ4n) is 1.39. The Morgan fingerprint density at radius 1 is 1.43 bits per heavy atom. The number of rotatable bonds is 2. The van der Waals surface area contributed by atoms with Crippen LogP contribution in [-0.2, 0) is 0 Å². The van der Waals surface area contributed by atoms with Crippen LogP contribution in [0.25, 0.3) is 0 Å². The molecule has 1 aliphatic heterocycles. The molecule has 1 aromatic carbocycles. The van der Waals surface area contributed by atoms with E-state index in [1.165, 1.54) is 12.1 Å². The monoisotopic (exact) mass is 191 g/mol. The minimum absolute atomic E-state index is 0.122. The topological polar surface area (TPSA) is 67.5 Å². The van der Waals surface area contributed by atoms with Crippen LogP contribution in [0.5, 0.6) is 0 Å². The summed E-state index contributed by atoms with van der Waals surface area (Å²) in [7, 11) is 0. The maximum absolute atomic E-state index is 10.4. The van der Waals surface area contributed by atoms with Gasteiger partial charge in [0, 0.05) is 30.8 Å². The van der Waals surface area contributed by atoms with Crippen molar-refractivity contribution in [3.05, 3.63) is 39.9 Å². The zero-order valence-corrected chi connectivity index (χ0v) is 7.38. The standard InChI is InChI=1S/C9H9N3O2/c13-12(14)9-3-1-7(2-4-9)8-5-10-11-6-8/h1-5,8,11H,6H2. The zero-order valence-electron chi connectivity index (χ0n) is 7.38. The van der Waals surface area contributed by atoms with E-state index >= 15 is 0 Å². The number of hydrazone groups is 1. The first kappa shape index (κ1) is 8.68. The number of hydrogen-bond donors (Lipinski definition) is 1. The smallest absolute Gasteiger partial charge is 0.269 e. The Hall–Kier alpha value is -1.91. The molecule has 0 bridgehead atoms. The number of nitrogens with zero attached hydrogens (tertiary/aromatic N) is 2. The molecule has 14 heavy (non-hydrogen) atoms. The van der Waals surface area contributed by atoms with Crippen molar-refractivity contribution < 1.29 is 4.92 Å². The highest BCUT2D eigenvalue weighted by Crippen LogP contribution is 2.19. The predicted octanol–water partition coefficient (Wildman–Crippen LogP) is 1.27. The highest BCUT2D eigenvalue weighted by atomic mass is 16.6. The molecule has 5 nitrogen and oxygen atoms in total. The molecule has 0 fully saturated rings. The number of nitrogens with one attached hydrogen (secondary N) is 1. The Morgan fingerprint density at radius 2 is 2.14 bits per heavy atom. The molecule has 0 aliphatic carbocycles. The molecule has 1 unspecified atom stereocenters. The highest BCUT2D eigenvalue weighted by Gasteiger charge is 2.13. The van der Waals surface area contributed by atoms with Crippen molar-refractivity contribution >= 4 is 11.9 Å². The molecular formula is C9H9N3O2. The predicted molar refractivity (Wildman–Crippen MR) is 52.3 cm³/mol.